The maximum absolute atomic E-state index is 13.1. The molecule has 0 aliphatic rings. The fourth-order valence-electron chi connectivity index (χ4n) is 3.26. The Morgan fingerprint density at radius 2 is 1.37 bits per heavy atom. The molecule has 0 aromatic rings. The second-order valence-corrected chi connectivity index (χ2v) is 9.56. The van der Waals surface area contributed by atoms with E-state index < -0.39 is 53.8 Å². The summed E-state index contributed by atoms with van der Waals surface area (Å²) in [6.07, 6.45) is 3.17. The van der Waals surface area contributed by atoms with Gasteiger partial charge in [0.25, 0.3) is 0 Å². The van der Waals surface area contributed by atoms with Crippen LogP contribution in [-0.2, 0) is 24.0 Å². The molecule has 0 rings (SSSR count). The molecule has 0 aliphatic heterocycles. The number of rotatable bonds is 21. The van der Waals surface area contributed by atoms with Gasteiger partial charge in [-0.1, -0.05) is 0 Å². The molecule has 15 nitrogen and oxygen atoms in total. The van der Waals surface area contributed by atoms with E-state index in [1.165, 1.54) is 11.8 Å². The molecule has 0 saturated heterocycles. The number of aliphatic carboxylic acids is 2. The monoisotopic (exact) mass is 562 g/mol. The maximum Gasteiger partial charge on any atom is 0.326 e. The highest BCUT2D eigenvalue weighted by Gasteiger charge is 2.30. The van der Waals surface area contributed by atoms with Crippen LogP contribution >= 0.6 is 11.8 Å². The second kappa shape index (κ2) is 19.9. The molecule has 0 aliphatic carbocycles. The Labute approximate surface area is 226 Å². The van der Waals surface area contributed by atoms with Gasteiger partial charge in [-0.3, -0.25) is 24.2 Å². The lowest BCUT2D eigenvalue weighted by Gasteiger charge is -2.25. The molecule has 0 aromatic carbocycles. The van der Waals surface area contributed by atoms with Gasteiger partial charge in [-0.2, -0.15) is 11.8 Å². The van der Waals surface area contributed by atoms with Crippen molar-refractivity contribution >= 4 is 47.4 Å². The van der Waals surface area contributed by atoms with E-state index in [2.05, 4.69) is 20.9 Å². The maximum atomic E-state index is 13.1. The number of hydrogen-bond acceptors (Lipinski definition) is 9. The number of carboxylic acid groups (broad SMARTS) is 2. The van der Waals surface area contributed by atoms with E-state index in [9.17, 15) is 29.1 Å². The molecule has 0 aromatic heterocycles. The molecule has 0 saturated carbocycles. The summed E-state index contributed by atoms with van der Waals surface area (Å²) in [6, 6.07) is -4.52. The Bertz CT molecular complexity index is 811. The third kappa shape index (κ3) is 15.9. The van der Waals surface area contributed by atoms with E-state index in [0.29, 0.717) is 31.6 Å². The van der Waals surface area contributed by atoms with Crippen LogP contribution in [0.25, 0.3) is 0 Å². The van der Waals surface area contributed by atoms with Gasteiger partial charge in [0.05, 0.1) is 6.04 Å². The predicted octanol–water partition coefficient (Wildman–Crippen LogP) is -2.35. The van der Waals surface area contributed by atoms with Crippen molar-refractivity contribution in [2.45, 2.75) is 75.5 Å². The summed E-state index contributed by atoms with van der Waals surface area (Å²) in [4.78, 5) is 64.9. The third-order valence-corrected chi connectivity index (χ3v) is 6.03. The van der Waals surface area contributed by atoms with Crippen molar-refractivity contribution in [3.8, 4) is 0 Å². The number of unbranched alkanes of at least 4 members (excludes halogenated alkanes) is 1. The van der Waals surface area contributed by atoms with Gasteiger partial charge < -0.3 is 49.1 Å². The number of carbonyl (C=O) groups excluding carboxylic acids is 3. The molecule has 16 heteroatoms. The summed E-state index contributed by atoms with van der Waals surface area (Å²) < 4.78 is 0. The molecular formula is C22H42N8O7S. The molecule has 0 fully saturated rings. The average Bonchev–Trinajstić information content (AvgIpc) is 2.85. The van der Waals surface area contributed by atoms with E-state index in [1.807, 2.05) is 0 Å². The Hall–Kier alpha value is -3.11. The van der Waals surface area contributed by atoms with Gasteiger partial charge >= 0.3 is 11.9 Å². The molecule has 13 N–H and O–H groups in total. The van der Waals surface area contributed by atoms with E-state index in [-0.39, 0.29) is 44.6 Å². The largest absolute Gasteiger partial charge is 0.481 e. The molecule has 38 heavy (non-hydrogen) atoms. The smallest absolute Gasteiger partial charge is 0.326 e. The molecule has 0 spiro atoms. The van der Waals surface area contributed by atoms with Gasteiger partial charge in [0.15, 0.2) is 5.96 Å². The number of thioether (sulfide) groups is 1. The first-order valence-corrected chi connectivity index (χ1v) is 13.7. The first-order valence-electron chi connectivity index (χ1n) is 12.3. The van der Waals surface area contributed by atoms with Gasteiger partial charge in [0.2, 0.25) is 17.7 Å². The zero-order valence-corrected chi connectivity index (χ0v) is 22.5. The minimum absolute atomic E-state index is 0.0881. The summed E-state index contributed by atoms with van der Waals surface area (Å²) in [6.45, 7) is 0.536. The third-order valence-electron chi connectivity index (χ3n) is 5.39. The first-order chi connectivity index (χ1) is 17.9. The molecular weight excluding hydrogens is 520 g/mol. The van der Waals surface area contributed by atoms with Gasteiger partial charge in [0, 0.05) is 13.0 Å². The molecule has 4 atom stereocenters. The van der Waals surface area contributed by atoms with E-state index in [4.69, 9.17) is 28.0 Å². The number of carbonyl (C=O) groups is 5. The number of hydrogen-bond donors (Lipinski definition) is 9. The van der Waals surface area contributed by atoms with E-state index >= 15 is 0 Å². The summed E-state index contributed by atoms with van der Waals surface area (Å²) in [5.74, 6) is -4.07. The van der Waals surface area contributed by atoms with Crippen molar-refractivity contribution in [1.82, 2.24) is 16.0 Å². The van der Waals surface area contributed by atoms with Gasteiger partial charge in [-0.15, -0.1) is 0 Å². The number of nitrogens with two attached hydrogens (primary N) is 4. The lowest BCUT2D eigenvalue weighted by molar-refractivity contribution is -0.142. The summed E-state index contributed by atoms with van der Waals surface area (Å²) in [7, 11) is 0. The van der Waals surface area contributed by atoms with Crippen LogP contribution in [-0.4, -0.2) is 95.1 Å². The van der Waals surface area contributed by atoms with Crippen LogP contribution in [0, 0.1) is 0 Å². The van der Waals surface area contributed by atoms with Gasteiger partial charge in [-0.25, -0.2) is 4.79 Å². The molecule has 0 radical (unpaired) electrons. The van der Waals surface area contributed by atoms with Crippen LogP contribution in [0.3, 0.4) is 0 Å². The SMILES string of the molecule is CSCCC(NC(=O)C(CCCN=C(N)N)NC(=O)C(CCCCN)NC(=O)C(N)CCC(=O)O)C(=O)O. The molecule has 3 amide bonds. The number of nitrogens with one attached hydrogen (secondary N) is 3. The highest BCUT2D eigenvalue weighted by molar-refractivity contribution is 7.98. The zero-order chi connectivity index (χ0) is 29.1. The Morgan fingerprint density at radius 1 is 0.816 bits per heavy atom. The highest BCUT2D eigenvalue weighted by atomic mass is 32.2. The van der Waals surface area contributed by atoms with Crippen molar-refractivity contribution in [2.24, 2.45) is 27.9 Å². The van der Waals surface area contributed by atoms with Crippen molar-refractivity contribution in [3.05, 3.63) is 0 Å². The zero-order valence-electron chi connectivity index (χ0n) is 21.7. The molecule has 0 bridgehead atoms. The molecule has 4 unspecified atom stereocenters. The van der Waals surface area contributed by atoms with Crippen LogP contribution < -0.4 is 38.9 Å². The minimum Gasteiger partial charge on any atom is -0.481 e. The van der Waals surface area contributed by atoms with Gasteiger partial charge in [-0.05, 0) is 63.5 Å². The van der Waals surface area contributed by atoms with Crippen molar-refractivity contribution in [2.75, 3.05) is 25.1 Å². The normalized spacial score (nSPS) is 13.9. The number of aliphatic imine (C=N–C) groups is 1. The fourth-order valence-corrected chi connectivity index (χ4v) is 3.73. The van der Waals surface area contributed by atoms with Crippen LogP contribution in [0.5, 0.6) is 0 Å². The quantitative estimate of drug-likeness (QED) is 0.0404. The van der Waals surface area contributed by atoms with Crippen LogP contribution in [0.1, 0.15) is 51.4 Å². The van der Waals surface area contributed by atoms with Crippen molar-refractivity contribution in [1.29, 1.82) is 0 Å². The predicted molar refractivity (Wildman–Crippen MR) is 144 cm³/mol. The fraction of sp³-hybridized carbons (Fsp3) is 0.727. The van der Waals surface area contributed by atoms with Crippen LogP contribution in [0.4, 0.5) is 0 Å². The standard InChI is InChI=1S/C22H42N8O7S/c1-38-12-9-16(21(36)37)30-20(35)15(6-4-11-27-22(25)26)29-19(34)14(5-2-3-10-23)28-18(33)13(24)7-8-17(31)32/h13-16H,2-12,23-24H2,1H3,(H,28,33)(H,29,34)(H,30,35)(H,31,32)(H,36,37)(H4,25,26,27). The summed E-state index contributed by atoms with van der Waals surface area (Å²) in [5.41, 5.74) is 21.9. The highest BCUT2D eigenvalue weighted by Crippen LogP contribution is 2.07. The van der Waals surface area contributed by atoms with Gasteiger partial charge in [0.1, 0.15) is 18.1 Å². The van der Waals surface area contributed by atoms with Crippen molar-refractivity contribution in [3.63, 3.8) is 0 Å². The van der Waals surface area contributed by atoms with Crippen LogP contribution in [0.2, 0.25) is 0 Å². The summed E-state index contributed by atoms with van der Waals surface area (Å²) in [5, 5.41) is 25.8. The van der Waals surface area contributed by atoms with Crippen LogP contribution in [0.15, 0.2) is 4.99 Å². The van der Waals surface area contributed by atoms with E-state index in [0.717, 1.165) is 0 Å². The Morgan fingerprint density at radius 3 is 1.87 bits per heavy atom. The topological polar surface area (TPSA) is 278 Å². The molecule has 218 valence electrons. The number of amides is 3. The minimum atomic E-state index is -1.21. The Balaban J connectivity index is 5.61. The van der Waals surface area contributed by atoms with E-state index in [1.54, 1.807) is 6.26 Å². The summed E-state index contributed by atoms with van der Waals surface area (Å²) >= 11 is 1.42. The number of guanidine groups is 1. The molecule has 0 heterocycles. The second-order valence-electron chi connectivity index (χ2n) is 8.58. The lowest BCUT2D eigenvalue weighted by Crippen LogP contribution is -2.57. The first kappa shape index (κ1) is 34.9. The average molecular weight is 563 g/mol. The van der Waals surface area contributed by atoms with Crippen molar-refractivity contribution < 1.29 is 34.2 Å². The number of nitrogens with zero attached hydrogens (tertiary/aromatic N) is 1. The lowest BCUT2D eigenvalue weighted by atomic mass is 10.0. The Kier molecular flexibility index (Phi) is 18.3. The number of carboxylic acids is 2.